The lowest BCUT2D eigenvalue weighted by Crippen LogP contribution is -2.12. The molecule has 0 spiro atoms. The van der Waals surface area contributed by atoms with Crippen LogP contribution in [0, 0.1) is 38.0 Å². The fourth-order valence-corrected chi connectivity index (χ4v) is 10.1. The zero-order valence-corrected chi connectivity index (χ0v) is 43.2. The second-order valence-electron chi connectivity index (χ2n) is 17.0. The molecule has 0 saturated heterocycles. The molecule has 0 aliphatic heterocycles. The molecule has 4 aromatic rings. The monoisotopic (exact) mass is 1210 g/mol. The molecule has 1 aliphatic rings. The van der Waals surface area contributed by atoms with Crippen molar-refractivity contribution in [1.82, 2.24) is 0 Å². The maximum Gasteiger partial charge on any atom is 0.126 e. The van der Waals surface area contributed by atoms with Gasteiger partial charge in [0.2, 0.25) is 0 Å². The number of benzene rings is 4. The molecule has 304 valence electrons. The Morgan fingerprint density at radius 2 is 0.500 bits per heavy atom. The standard InChI is InChI=1S/C48H60I4O4/c1-29(2)9-13-53-45-33-17-35-23-42(50)25-37(46(35)54-14-10-30(3)4)19-39-27-44(52)28-40(48(39)56-16-12-32(7)8)20-38-26-43(51)24-36(18-34(45)22-41(49)21-33)47(38)55-15-11-31(5)6/h21-32H,9-20H2,1-8H3. The van der Waals surface area contributed by atoms with Crippen molar-refractivity contribution < 1.29 is 18.9 Å². The van der Waals surface area contributed by atoms with E-state index in [4.69, 9.17) is 18.9 Å². The van der Waals surface area contributed by atoms with Gasteiger partial charge in [-0.15, -0.1) is 0 Å². The van der Waals surface area contributed by atoms with Crippen LogP contribution < -0.4 is 18.9 Å². The topological polar surface area (TPSA) is 36.9 Å². The summed E-state index contributed by atoms with van der Waals surface area (Å²) in [6, 6.07) is 18.6. The zero-order chi connectivity index (χ0) is 40.5. The Labute approximate surface area is 392 Å². The summed E-state index contributed by atoms with van der Waals surface area (Å²) in [5.41, 5.74) is 9.61. The van der Waals surface area contributed by atoms with Crippen LogP contribution in [0.25, 0.3) is 0 Å². The summed E-state index contributed by atoms with van der Waals surface area (Å²) in [4.78, 5) is 0. The summed E-state index contributed by atoms with van der Waals surface area (Å²) >= 11 is 9.99. The number of rotatable bonds is 16. The van der Waals surface area contributed by atoms with E-state index in [1.54, 1.807) is 0 Å². The van der Waals surface area contributed by atoms with Crippen LogP contribution in [0.5, 0.6) is 23.0 Å². The van der Waals surface area contributed by atoms with E-state index in [-0.39, 0.29) is 0 Å². The van der Waals surface area contributed by atoms with Gasteiger partial charge in [0.1, 0.15) is 23.0 Å². The van der Waals surface area contributed by atoms with Crippen LogP contribution in [-0.4, -0.2) is 26.4 Å². The summed E-state index contributed by atoms with van der Waals surface area (Å²) < 4.78 is 32.4. The van der Waals surface area contributed by atoms with Crippen molar-refractivity contribution in [2.24, 2.45) is 23.7 Å². The van der Waals surface area contributed by atoms with Crippen molar-refractivity contribution in [2.45, 2.75) is 107 Å². The Kier molecular flexibility index (Phi) is 18.1. The van der Waals surface area contributed by atoms with Crippen LogP contribution in [0.4, 0.5) is 0 Å². The molecule has 1 aliphatic carbocycles. The fraction of sp³-hybridized carbons (Fsp3) is 0.500. The van der Waals surface area contributed by atoms with Gasteiger partial charge in [0, 0.05) is 40.0 Å². The molecule has 0 unspecified atom stereocenters. The van der Waals surface area contributed by atoms with E-state index >= 15 is 0 Å². The van der Waals surface area contributed by atoms with Crippen molar-refractivity contribution in [3.63, 3.8) is 0 Å². The van der Waals surface area contributed by atoms with Gasteiger partial charge in [0.05, 0.1) is 26.4 Å². The van der Waals surface area contributed by atoms with Crippen molar-refractivity contribution in [2.75, 3.05) is 26.4 Å². The maximum absolute atomic E-state index is 6.90. The molecule has 0 saturated carbocycles. The quantitative estimate of drug-likeness (QED) is 0.0923. The Balaban J connectivity index is 1.80. The van der Waals surface area contributed by atoms with Crippen LogP contribution in [0.3, 0.4) is 0 Å². The largest absolute Gasteiger partial charge is 0.493 e. The predicted octanol–water partition coefficient (Wildman–Crippen LogP) is 14.5. The molecular formula is C48H60I4O4. The highest BCUT2D eigenvalue weighted by molar-refractivity contribution is 14.1. The third kappa shape index (κ3) is 13.5. The average molecular weight is 1210 g/mol. The van der Waals surface area contributed by atoms with Crippen molar-refractivity contribution in [3.8, 4) is 23.0 Å². The Morgan fingerprint density at radius 1 is 0.339 bits per heavy atom. The van der Waals surface area contributed by atoms with Crippen LogP contribution in [0.1, 0.15) is 126 Å². The van der Waals surface area contributed by atoms with E-state index < -0.39 is 0 Å². The number of fused-ring (bicyclic) bond motifs is 8. The molecule has 8 heteroatoms. The minimum absolute atomic E-state index is 0.550. The number of hydrogen-bond acceptors (Lipinski definition) is 4. The highest BCUT2D eigenvalue weighted by atomic mass is 127. The Bertz CT molecular complexity index is 1560. The van der Waals surface area contributed by atoms with E-state index in [0.29, 0.717) is 75.8 Å². The first kappa shape index (κ1) is 46.1. The van der Waals surface area contributed by atoms with Gasteiger partial charge in [-0.2, -0.15) is 0 Å². The van der Waals surface area contributed by atoms with Gasteiger partial charge in [0.15, 0.2) is 0 Å². The van der Waals surface area contributed by atoms with Gasteiger partial charge in [-0.25, -0.2) is 0 Å². The first-order chi connectivity index (χ1) is 26.7. The molecule has 56 heavy (non-hydrogen) atoms. The molecule has 0 N–H and O–H groups in total. The summed E-state index contributed by atoms with van der Waals surface area (Å²) in [5, 5.41) is 0. The minimum Gasteiger partial charge on any atom is -0.493 e. The van der Waals surface area contributed by atoms with Gasteiger partial charge in [-0.1, -0.05) is 55.4 Å². The molecule has 5 rings (SSSR count). The first-order valence-electron chi connectivity index (χ1n) is 20.4. The van der Waals surface area contributed by atoms with Gasteiger partial charge < -0.3 is 18.9 Å². The zero-order valence-electron chi connectivity index (χ0n) is 34.6. The van der Waals surface area contributed by atoms with Crippen LogP contribution in [0.15, 0.2) is 48.5 Å². The Morgan fingerprint density at radius 3 is 0.643 bits per heavy atom. The van der Waals surface area contributed by atoms with Crippen molar-refractivity contribution in [3.05, 3.63) is 107 Å². The molecule has 8 bridgehead atoms. The third-order valence-electron chi connectivity index (χ3n) is 10.1. The fourth-order valence-electron chi connectivity index (χ4n) is 7.05. The average Bonchev–Trinajstić information content (AvgIpc) is 3.08. The second kappa shape index (κ2) is 22.0. The molecule has 0 radical (unpaired) electrons. The van der Waals surface area contributed by atoms with Crippen LogP contribution in [0.2, 0.25) is 0 Å². The van der Waals surface area contributed by atoms with Gasteiger partial charge in [-0.05, 0) is 233 Å². The normalized spacial score (nSPS) is 12.9. The van der Waals surface area contributed by atoms with Crippen molar-refractivity contribution >= 4 is 90.4 Å². The molecule has 4 aromatic carbocycles. The second-order valence-corrected chi connectivity index (χ2v) is 22.0. The number of hydrogen-bond donors (Lipinski definition) is 0. The van der Waals surface area contributed by atoms with E-state index in [1.807, 2.05) is 0 Å². The van der Waals surface area contributed by atoms with Gasteiger partial charge >= 0.3 is 0 Å². The minimum atomic E-state index is 0.550. The SMILES string of the molecule is CC(C)CCOc1c2cc(I)cc1Cc1cc(I)cc(c1OCCC(C)C)Cc1cc(I)cc(c1OCCC(C)C)Cc1cc(I)cc(c1OCCC(C)C)C2. The van der Waals surface area contributed by atoms with Gasteiger partial charge in [-0.3, -0.25) is 0 Å². The lowest BCUT2D eigenvalue weighted by atomic mass is 9.91. The summed E-state index contributed by atoms with van der Waals surface area (Å²) in [5.74, 6) is 6.20. The molecule has 0 amide bonds. The molecule has 0 aromatic heterocycles. The predicted molar refractivity (Wildman–Crippen MR) is 268 cm³/mol. The lowest BCUT2D eigenvalue weighted by molar-refractivity contribution is 0.279. The number of halogens is 4. The van der Waals surface area contributed by atoms with E-state index in [1.165, 1.54) is 58.8 Å². The van der Waals surface area contributed by atoms with Gasteiger partial charge in [0.25, 0.3) is 0 Å². The maximum atomic E-state index is 6.90. The lowest BCUT2D eigenvalue weighted by Gasteiger charge is -2.24. The van der Waals surface area contributed by atoms with Crippen LogP contribution >= 0.6 is 90.4 Å². The highest BCUT2D eigenvalue weighted by Crippen LogP contribution is 2.41. The van der Waals surface area contributed by atoms with E-state index in [2.05, 4.69) is 194 Å². The number of ether oxygens (including phenoxy) is 4. The van der Waals surface area contributed by atoms with Crippen LogP contribution in [-0.2, 0) is 25.7 Å². The Hall–Kier alpha value is -1.00. The summed E-state index contributed by atoms with van der Waals surface area (Å²) in [7, 11) is 0. The third-order valence-corrected chi connectivity index (χ3v) is 12.6. The molecule has 0 heterocycles. The van der Waals surface area contributed by atoms with Crippen molar-refractivity contribution in [1.29, 1.82) is 0 Å². The first-order valence-corrected chi connectivity index (χ1v) is 24.7. The molecular weight excluding hydrogens is 1150 g/mol. The molecule has 0 fully saturated rings. The summed E-state index contributed by atoms with van der Waals surface area (Å²) in [6.45, 7) is 20.8. The summed E-state index contributed by atoms with van der Waals surface area (Å²) in [6.07, 6.45) is 6.85. The van der Waals surface area contributed by atoms with E-state index in [9.17, 15) is 0 Å². The van der Waals surface area contributed by atoms with E-state index in [0.717, 1.165) is 48.7 Å². The smallest absolute Gasteiger partial charge is 0.126 e. The highest BCUT2D eigenvalue weighted by Gasteiger charge is 2.24. The molecule has 4 nitrogen and oxygen atoms in total. The molecule has 0 atom stereocenters.